The van der Waals surface area contributed by atoms with Crippen LogP contribution in [0.4, 0.5) is 11.4 Å². The van der Waals surface area contributed by atoms with Crippen LogP contribution >= 0.6 is 0 Å². The van der Waals surface area contributed by atoms with E-state index < -0.39 is 0 Å². The van der Waals surface area contributed by atoms with Crippen LogP contribution in [-0.4, -0.2) is 18.3 Å². The number of nitrogens with one attached hydrogen (secondary N) is 1. The van der Waals surface area contributed by atoms with Crippen molar-refractivity contribution in [2.75, 3.05) is 24.2 Å². The maximum atomic E-state index is 8.94. The fourth-order valence-corrected chi connectivity index (χ4v) is 1.87. The van der Waals surface area contributed by atoms with Gasteiger partial charge >= 0.3 is 0 Å². The van der Waals surface area contributed by atoms with E-state index >= 15 is 0 Å². The Labute approximate surface area is 90.3 Å². The van der Waals surface area contributed by atoms with Gasteiger partial charge in [0, 0.05) is 13.2 Å². The third-order valence-corrected chi connectivity index (χ3v) is 3.21. The van der Waals surface area contributed by atoms with Crippen LogP contribution in [0.2, 0.25) is 0 Å². The van der Waals surface area contributed by atoms with Gasteiger partial charge < -0.3 is 16.2 Å². The maximum absolute atomic E-state index is 8.94. The Morgan fingerprint density at radius 1 is 1.33 bits per heavy atom. The highest BCUT2D eigenvalue weighted by Gasteiger charge is 2.41. The predicted octanol–water partition coefficient (Wildman–Crippen LogP) is 1.84. The molecule has 15 heavy (non-hydrogen) atoms. The van der Waals surface area contributed by atoms with Crippen molar-refractivity contribution in [2.45, 2.75) is 19.3 Å². The van der Waals surface area contributed by atoms with Crippen LogP contribution < -0.4 is 11.1 Å². The Balaban J connectivity index is 1.91. The van der Waals surface area contributed by atoms with Crippen LogP contribution in [-0.2, 0) is 0 Å². The summed E-state index contributed by atoms with van der Waals surface area (Å²) < 4.78 is 0. The molecule has 0 aliphatic heterocycles. The van der Waals surface area contributed by atoms with Gasteiger partial charge in [-0.2, -0.15) is 0 Å². The van der Waals surface area contributed by atoms with Crippen LogP contribution in [0.15, 0.2) is 24.3 Å². The number of aliphatic hydroxyl groups excluding tert-OH is 1. The first-order valence-corrected chi connectivity index (χ1v) is 5.45. The highest BCUT2D eigenvalue weighted by molar-refractivity contribution is 5.65. The van der Waals surface area contributed by atoms with Crippen molar-refractivity contribution in [1.82, 2.24) is 0 Å². The molecule has 82 valence electrons. The second kappa shape index (κ2) is 4.11. The number of aliphatic hydroxyl groups is 1. The summed E-state index contributed by atoms with van der Waals surface area (Å²) in [4.78, 5) is 0. The minimum absolute atomic E-state index is 0.284. The Bertz CT molecular complexity index is 334. The van der Waals surface area contributed by atoms with E-state index in [2.05, 4.69) is 5.32 Å². The Morgan fingerprint density at radius 2 is 2.07 bits per heavy atom. The fourth-order valence-electron chi connectivity index (χ4n) is 1.87. The fraction of sp³-hybridized carbons (Fsp3) is 0.500. The molecule has 1 fully saturated rings. The number of rotatable bonds is 5. The van der Waals surface area contributed by atoms with Crippen molar-refractivity contribution in [3.63, 3.8) is 0 Å². The minimum Gasteiger partial charge on any atom is -0.397 e. The first-order chi connectivity index (χ1) is 7.26. The summed E-state index contributed by atoms with van der Waals surface area (Å²) in [6.07, 6.45) is 3.33. The number of hydrogen-bond donors (Lipinski definition) is 3. The third-order valence-electron chi connectivity index (χ3n) is 3.21. The largest absolute Gasteiger partial charge is 0.397 e. The first-order valence-electron chi connectivity index (χ1n) is 5.45. The third kappa shape index (κ3) is 2.42. The van der Waals surface area contributed by atoms with Gasteiger partial charge in [-0.25, -0.2) is 0 Å². The summed E-state index contributed by atoms with van der Waals surface area (Å²) in [5.41, 5.74) is 7.95. The summed E-state index contributed by atoms with van der Waals surface area (Å²) >= 11 is 0. The van der Waals surface area contributed by atoms with Crippen LogP contribution in [0.25, 0.3) is 0 Å². The highest BCUT2D eigenvalue weighted by atomic mass is 16.3. The molecule has 0 radical (unpaired) electrons. The van der Waals surface area contributed by atoms with E-state index in [9.17, 15) is 0 Å². The number of nitrogens with two attached hydrogens (primary N) is 1. The molecule has 0 saturated heterocycles. The second-order valence-electron chi connectivity index (χ2n) is 4.41. The molecule has 3 nitrogen and oxygen atoms in total. The van der Waals surface area contributed by atoms with Crippen molar-refractivity contribution < 1.29 is 5.11 Å². The molecule has 1 saturated carbocycles. The molecule has 0 spiro atoms. The standard InChI is InChI=1S/C12H18N2O/c13-10-3-1-2-4-11(10)14-9-12(5-6-12)7-8-15/h1-4,14-15H,5-9,13H2. The lowest BCUT2D eigenvalue weighted by Crippen LogP contribution is -2.17. The lowest BCUT2D eigenvalue weighted by molar-refractivity contribution is 0.253. The van der Waals surface area contributed by atoms with E-state index in [1.165, 1.54) is 12.8 Å². The summed E-state index contributed by atoms with van der Waals surface area (Å²) in [5.74, 6) is 0. The number of benzene rings is 1. The van der Waals surface area contributed by atoms with Gasteiger partial charge in [0.05, 0.1) is 11.4 Å². The maximum Gasteiger partial charge on any atom is 0.0574 e. The Hall–Kier alpha value is -1.22. The number of hydrogen-bond acceptors (Lipinski definition) is 3. The second-order valence-corrected chi connectivity index (χ2v) is 4.41. The predicted molar refractivity (Wildman–Crippen MR) is 62.7 cm³/mol. The lowest BCUT2D eigenvalue weighted by Gasteiger charge is -2.16. The van der Waals surface area contributed by atoms with Crippen LogP contribution in [0.3, 0.4) is 0 Å². The van der Waals surface area contributed by atoms with E-state index in [1.54, 1.807) is 0 Å². The van der Waals surface area contributed by atoms with Gasteiger partial charge in [-0.05, 0) is 36.8 Å². The molecule has 0 heterocycles. The monoisotopic (exact) mass is 206 g/mol. The average molecular weight is 206 g/mol. The first kappa shape index (κ1) is 10.3. The average Bonchev–Trinajstić information content (AvgIpc) is 2.98. The zero-order valence-electron chi connectivity index (χ0n) is 8.87. The van der Waals surface area contributed by atoms with E-state index in [0.29, 0.717) is 5.41 Å². The molecule has 0 atom stereocenters. The number of anilines is 2. The molecule has 0 aromatic heterocycles. The Kier molecular flexibility index (Phi) is 2.82. The van der Waals surface area contributed by atoms with Crippen molar-refractivity contribution >= 4 is 11.4 Å². The molecule has 1 aliphatic rings. The van der Waals surface area contributed by atoms with Gasteiger partial charge in [0.1, 0.15) is 0 Å². The van der Waals surface area contributed by atoms with Gasteiger partial charge in [-0.15, -0.1) is 0 Å². The SMILES string of the molecule is Nc1ccccc1NCC1(CCO)CC1. The molecule has 1 aromatic carbocycles. The zero-order chi connectivity index (χ0) is 10.7. The van der Waals surface area contributed by atoms with Gasteiger partial charge in [0.15, 0.2) is 0 Å². The van der Waals surface area contributed by atoms with Gasteiger partial charge in [-0.3, -0.25) is 0 Å². The Morgan fingerprint density at radius 3 is 2.67 bits per heavy atom. The zero-order valence-corrected chi connectivity index (χ0v) is 8.87. The minimum atomic E-state index is 0.284. The lowest BCUT2D eigenvalue weighted by atomic mass is 10.0. The highest BCUT2D eigenvalue weighted by Crippen LogP contribution is 2.48. The van der Waals surface area contributed by atoms with Crippen molar-refractivity contribution in [3.05, 3.63) is 24.3 Å². The molecule has 0 amide bonds. The van der Waals surface area contributed by atoms with E-state index in [1.807, 2.05) is 24.3 Å². The van der Waals surface area contributed by atoms with Crippen LogP contribution in [0, 0.1) is 5.41 Å². The molecule has 4 N–H and O–H groups in total. The van der Waals surface area contributed by atoms with E-state index in [-0.39, 0.29) is 6.61 Å². The van der Waals surface area contributed by atoms with Crippen molar-refractivity contribution in [3.8, 4) is 0 Å². The normalized spacial score (nSPS) is 17.4. The smallest absolute Gasteiger partial charge is 0.0574 e. The van der Waals surface area contributed by atoms with Crippen LogP contribution in [0.1, 0.15) is 19.3 Å². The molecule has 1 aliphatic carbocycles. The number of nitrogen functional groups attached to an aromatic ring is 1. The topological polar surface area (TPSA) is 58.3 Å². The number of para-hydroxylation sites is 2. The summed E-state index contributed by atoms with van der Waals surface area (Å²) in [6, 6.07) is 7.80. The molecule has 2 rings (SSSR count). The quantitative estimate of drug-likeness (QED) is 0.644. The molecular formula is C12H18N2O. The van der Waals surface area contributed by atoms with Crippen molar-refractivity contribution in [2.24, 2.45) is 5.41 Å². The van der Waals surface area contributed by atoms with Gasteiger partial charge in [-0.1, -0.05) is 12.1 Å². The van der Waals surface area contributed by atoms with Gasteiger partial charge in [0.25, 0.3) is 0 Å². The molecule has 0 bridgehead atoms. The van der Waals surface area contributed by atoms with Gasteiger partial charge in [0.2, 0.25) is 0 Å². The van der Waals surface area contributed by atoms with Crippen LogP contribution in [0.5, 0.6) is 0 Å². The molecule has 3 heteroatoms. The molecular weight excluding hydrogens is 188 g/mol. The summed E-state index contributed by atoms with van der Waals surface area (Å²) in [5, 5.41) is 12.3. The summed E-state index contributed by atoms with van der Waals surface area (Å²) in [7, 11) is 0. The van der Waals surface area contributed by atoms with E-state index in [0.717, 1.165) is 24.3 Å². The summed E-state index contributed by atoms with van der Waals surface area (Å²) in [6.45, 7) is 1.20. The molecule has 1 aromatic rings. The molecule has 0 unspecified atom stereocenters. The van der Waals surface area contributed by atoms with Crippen molar-refractivity contribution in [1.29, 1.82) is 0 Å². The van der Waals surface area contributed by atoms with E-state index in [4.69, 9.17) is 10.8 Å².